The van der Waals surface area contributed by atoms with Crippen molar-refractivity contribution in [2.75, 3.05) is 26.4 Å². The number of pyridine rings is 1. The quantitative estimate of drug-likeness (QED) is 0.502. The topological polar surface area (TPSA) is 113 Å². The highest BCUT2D eigenvalue weighted by Gasteiger charge is 2.47. The third-order valence-electron chi connectivity index (χ3n) is 6.91. The van der Waals surface area contributed by atoms with Crippen molar-refractivity contribution < 1.29 is 19.1 Å². The van der Waals surface area contributed by atoms with Gasteiger partial charge in [0.2, 0.25) is 0 Å². The Morgan fingerprint density at radius 2 is 1.89 bits per heavy atom. The second-order valence-corrected chi connectivity index (χ2v) is 10.5. The van der Waals surface area contributed by atoms with Crippen LogP contribution in [0.1, 0.15) is 46.9 Å². The number of aromatic amines is 1. The number of ether oxygens (including phenoxy) is 2. The number of hydrogen-bond acceptors (Lipinski definition) is 6. The first kappa shape index (κ1) is 26.2. The Kier molecular flexibility index (Phi) is 7.47. The molecule has 0 saturated carbocycles. The van der Waals surface area contributed by atoms with Crippen LogP contribution in [0.5, 0.6) is 11.5 Å². The molecule has 1 atom stereocenters. The zero-order chi connectivity index (χ0) is 26.2. The van der Waals surface area contributed by atoms with E-state index in [0.717, 1.165) is 10.6 Å². The number of aryl methyl sites for hydroxylation is 1. The smallest absolute Gasteiger partial charge is 0.317 e. The molecule has 1 aromatic heterocycles. The van der Waals surface area contributed by atoms with Gasteiger partial charge in [0.05, 0.1) is 5.02 Å². The van der Waals surface area contributed by atoms with Gasteiger partial charge in [-0.1, -0.05) is 11.6 Å². The number of halogens is 1. The highest BCUT2D eigenvalue weighted by Crippen LogP contribution is 2.51. The molecular formula is C25H31ClN4O5S. The number of nitrogens with zero attached hydrogens (tertiary/aromatic N) is 1. The van der Waals surface area contributed by atoms with Crippen molar-refractivity contribution in [3.05, 3.63) is 49.9 Å². The summed E-state index contributed by atoms with van der Waals surface area (Å²) in [5.74, 6) is -0.413. The van der Waals surface area contributed by atoms with E-state index in [1.807, 2.05) is 26.2 Å². The highest BCUT2D eigenvalue weighted by atomic mass is 35.5. The number of benzene rings is 1. The Morgan fingerprint density at radius 1 is 1.22 bits per heavy atom. The van der Waals surface area contributed by atoms with Gasteiger partial charge in [0, 0.05) is 66.8 Å². The number of urea groups is 1. The molecule has 1 fully saturated rings. The fraction of sp³-hybridized carbons (Fsp3) is 0.480. The number of aromatic nitrogens is 1. The summed E-state index contributed by atoms with van der Waals surface area (Å²) in [4.78, 5) is 42.9. The minimum absolute atomic E-state index is 0.0387. The van der Waals surface area contributed by atoms with Gasteiger partial charge >= 0.3 is 6.03 Å². The number of fused-ring (bicyclic) bond motifs is 1. The van der Waals surface area contributed by atoms with E-state index in [1.165, 1.54) is 11.8 Å². The molecule has 0 aliphatic carbocycles. The molecular weight excluding hydrogens is 504 g/mol. The van der Waals surface area contributed by atoms with Gasteiger partial charge < -0.3 is 30.0 Å². The molecule has 0 bridgehead atoms. The van der Waals surface area contributed by atoms with Gasteiger partial charge in [0.1, 0.15) is 0 Å². The Bertz CT molecular complexity index is 1260. The van der Waals surface area contributed by atoms with E-state index in [1.54, 1.807) is 24.9 Å². The van der Waals surface area contributed by atoms with E-state index in [-0.39, 0.29) is 35.0 Å². The van der Waals surface area contributed by atoms with Gasteiger partial charge in [-0.2, -0.15) is 0 Å². The first-order chi connectivity index (χ1) is 17.1. The lowest BCUT2D eigenvalue weighted by Gasteiger charge is -2.38. The molecule has 1 aromatic carbocycles. The molecule has 0 radical (unpaired) electrons. The minimum atomic E-state index is -0.955. The predicted molar refractivity (Wildman–Crippen MR) is 139 cm³/mol. The zero-order valence-electron chi connectivity index (χ0n) is 21.0. The Balaban J connectivity index is 1.51. The Labute approximate surface area is 219 Å². The maximum atomic E-state index is 13.1. The van der Waals surface area contributed by atoms with Crippen LogP contribution in [0.25, 0.3) is 0 Å². The molecule has 3 N–H and O–H groups in total. The van der Waals surface area contributed by atoms with E-state index in [9.17, 15) is 14.4 Å². The van der Waals surface area contributed by atoms with E-state index in [0.29, 0.717) is 54.1 Å². The number of thioether (sulfide) groups is 1. The fourth-order valence-corrected chi connectivity index (χ4v) is 5.75. The molecule has 0 unspecified atom stereocenters. The van der Waals surface area contributed by atoms with Crippen molar-refractivity contribution >= 4 is 35.3 Å². The lowest BCUT2D eigenvalue weighted by Crippen LogP contribution is -2.51. The van der Waals surface area contributed by atoms with E-state index in [2.05, 4.69) is 15.6 Å². The molecule has 11 heteroatoms. The van der Waals surface area contributed by atoms with Gasteiger partial charge in [-0.25, -0.2) is 4.79 Å². The normalized spacial score (nSPS) is 19.3. The van der Waals surface area contributed by atoms with Crippen LogP contribution >= 0.6 is 23.4 Å². The van der Waals surface area contributed by atoms with Crippen LogP contribution in [0.2, 0.25) is 5.02 Å². The van der Waals surface area contributed by atoms with E-state index >= 15 is 0 Å². The summed E-state index contributed by atoms with van der Waals surface area (Å²) in [7, 11) is 1.62. The molecule has 3 amide bonds. The molecule has 194 valence electrons. The Morgan fingerprint density at radius 3 is 2.53 bits per heavy atom. The number of carbonyl (C=O) groups is 2. The van der Waals surface area contributed by atoms with Gasteiger partial charge in [0.15, 0.2) is 11.5 Å². The van der Waals surface area contributed by atoms with E-state index < -0.39 is 5.79 Å². The molecule has 0 spiro atoms. The average molecular weight is 535 g/mol. The third-order valence-corrected chi connectivity index (χ3v) is 7.99. The number of likely N-dealkylation sites (tertiary alicyclic amines) is 1. The fourth-order valence-electron chi connectivity index (χ4n) is 4.81. The van der Waals surface area contributed by atoms with Gasteiger partial charge in [-0.05, 0) is 45.1 Å². The van der Waals surface area contributed by atoms with Gasteiger partial charge in [0.25, 0.3) is 17.3 Å². The van der Waals surface area contributed by atoms with Gasteiger partial charge in [-0.3, -0.25) is 9.59 Å². The zero-order valence-corrected chi connectivity index (χ0v) is 22.6. The van der Waals surface area contributed by atoms with E-state index in [4.69, 9.17) is 21.1 Å². The van der Waals surface area contributed by atoms with Crippen molar-refractivity contribution in [1.29, 1.82) is 0 Å². The maximum Gasteiger partial charge on any atom is 0.317 e. The lowest BCUT2D eigenvalue weighted by molar-refractivity contribution is -0.122. The van der Waals surface area contributed by atoms with Crippen LogP contribution < -0.4 is 25.7 Å². The second kappa shape index (κ2) is 10.3. The maximum absolute atomic E-state index is 13.1. The monoisotopic (exact) mass is 534 g/mol. The molecule has 3 heterocycles. The van der Waals surface area contributed by atoms with Crippen molar-refractivity contribution in [3.8, 4) is 11.5 Å². The Hall–Kier alpha value is -2.85. The molecule has 2 aliphatic heterocycles. The summed E-state index contributed by atoms with van der Waals surface area (Å²) in [5.41, 5.74) is 2.01. The number of H-pyrrole nitrogens is 1. The number of nitrogens with one attached hydrogen (secondary N) is 3. The summed E-state index contributed by atoms with van der Waals surface area (Å²) in [5, 5.41) is 5.78. The first-order valence-corrected chi connectivity index (χ1v) is 13.4. The number of carbonyl (C=O) groups excluding carboxylic acids is 2. The predicted octanol–water partition coefficient (Wildman–Crippen LogP) is 3.84. The molecule has 9 nitrogen and oxygen atoms in total. The third kappa shape index (κ3) is 4.88. The summed E-state index contributed by atoms with van der Waals surface area (Å²) < 4.78 is 12.6. The largest absolute Gasteiger partial charge is 0.448 e. The van der Waals surface area contributed by atoms with Crippen LogP contribution in [0, 0.1) is 19.8 Å². The molecule has 2 aromatic rings. The summed E-state index contributed by atoms with van der Waals surface area (Å²) in [6, 6.07) is 3.36. The van der Waals surface area contributed by atoms with Crippen LogP contribution in [0.3, 0.4) is 0 Å². The summed E-state index contributed by atoms with van der Waals surface area (Å²) >= 11 is 8.00. The number of amides is 3. The van der Waals surface area contributed by atoms with Crippen LogP contribution in [-0.2, 0) is 6.54 Å². The lowest BCUT2D eigenvalue weighted by atomic mass is 9.89. The van der Waals surface area contributed by atoms with Gasteiger partial charge in [-0.15, -0.1) is 11.8 Å². The highest BCUT2D eigenvalue weighted by molar-refractivity contribution is 7.98. The minimum Gasteiger partial charge on any atom is -0.448 e. The molecule has 4 rings (SSSR count). The molecule has 1 saturated heterocycles. The summed E-state index contributed by atoms with van der Waals surface area (Å²) in [6.45, 7) is 6.76. The SMILES string of the molecule is CNC(=O)N1CCC([C@]2(C)Oc3c(Cl)cc(C(=O)NCc4c(SC)cc(C)[nH]c4=O)c(C)c3O2)CC1. The van der Waals surface area contributed by atoms with Crippen LogP contribution in [0.4, 0.5) is 4.79 Å². The molecule has 36 heavy (non-hydrogen) atoms. The molecule has 2 aliphatic rings. The summed E-state index contributed by atoms with van der Waals surface area (Å²) in [6.07, 6.45) is 3.32. The first-order valence-electron chi connectivity index (χ1n) is 11.8. The van der Waals surface area contributed by atoms with Crippen molar-refractivity contribution in [1.82, 2.24) is 20.5 Å². The van der Waals surface area contributed by atoms with Crippen LogP contribution in [-0.4, -0.2) is 54.0 Å². The average Bonchev–Trinajstić information content (AvgIpc) is 3.24. The number of rotatable bonds is 5. The number of hydrogen-bond donors (Lipinski definition) is 3. The van der Waals surface area contributed by atoms with Crippen molar-refractivity contribution in [2.45, 2.75) is 50.8 Å². The van der Waals surface area contributed by atoms with Crippen molar-refractivity contribution in [3.63, 3.8) is 0 Å². The van der Waals surface area contributed by atoms with Crippen LogP contribution in [0.15, 0.2) is 21.8 Å². The number of piperidine rings is 1. The second-order valence-electron chi connectivity index (χ2n) is 9.24. The standard InChI is InChI=1S/C25H31ClN4O5S/c1-13-10-19(36-5)17(23(32)29-13)12-28-22(31)16-11-18(26)21-20(14(16)2)34-25(3,35-21)15-6-8-30(9-7-15)24(33)27-4/h10-11,15H,6-9,12H2,1-5H3,(H,27,33)(H,28,31)(H,29,32)/t25-/m0/s1. The van der Waals surface area contributed by atoms with Crippen molar-refractivity contribution in [2.24, 2.45) is 5.92 Å².